The van der Waals surface area contributed by atoms with Crippen LogP contribution >= 0.6 is 0 Å². The number of fused-ring (bicyclic) bond motifs is 1. The molecule has 1 aromatic heterocycles. The van der Waals surface area contributed by atoms with Gasteiger partial charge in [-0.3, -0.25) is 4.79 Å². The second-order valence-electron chi connectivity index (χ2n) is 5.18. The third-order valence-corrected chi connectivity index (χ3v) is 3.79. The van der Waals surface area contributed by atoms with Gasteiger partial charge in [0.1, 0.15) is 18.2 Å². The average molecular weight is 301 g/mol. The lowest BCUT2D eigenvalue weighted by atomic mass is 9.77. The molecule has 0 bridgehead atoms. The van der Waals surface area contributed by atoms with Gasteiger partial charge in [-0.15, -0.1) is 10.2 Å². The second-order valence-corrected chi connectivity index (χ2v) is 5.18. The number of aldehydes is 1. The predicted octanol–water partition coefficient (Wildman–Crippen LogP) is -0.314. The summed E-state index contributed by atoms with van der Waals surface area (Å²) in [6.45, 7) is 1.05. The highest BCUT2D eigenvalue weighted by Crippen LogP contribution is 2.18. The van der Waals surface area contributed by atoms with Crippen LogP contribution in [-0.2, 0) is 19.6 Å². The maximum Gasteiger partial charge on any atom is 0.489 e. The van der Waals surface area contributed by atoms with Crippen LogP contribution in [0.5, 0.6) is 5.75 Å². The van der Waals surface area contributed by atoms with Gasteiger partial charge in [0.05, 0.1) is 5.56 Å². The molecule has 0 spiro atoms. The van der Waals surface area contributed by atoms with E-state index in [2.05, 4.69) is 10.2 Å². The molecule has 0 saturated carbocycles. The summed E-state index contributed by atoms with van der Waals surface area (Å²) in [6.07, 6.45) is 3.68. The third-order valence-electron chi connectivity index (χ3n) is 3.79. The van der Waals surface area contributed by atoms with Crippen LogP contribution in [0.25, 0.3) is 0 Å². The minimum Gasteiger partial charge on any atom is -0.485 e. The quantitative estimate of drug-likeness (QED) is 0.580. The van der Waals surface area contributed by atoms with Crippen LogP contribution < -0.4 is 10.2 Å². The number of hydrogen-bond acceptors (Lipinski definition) is 6. The molecule has 22 heavy (non-hydrogen) atoms. The Morgan fingerprint density at radius 2 is 2.18 bits per heavy atom. The van der Waals surface area contributed by atoms with Crippen LogP contribution in [0, 0.1) is 0 Å². The number of aryl methyl sites for hydroxylation is 1. The standard InChI is InChI=1S/C14H16BN3O4/c19-8-10-11(15(20)21)4-3-5-12(10)22-9-14-17-16-13-6-1-2-7-18(13)14/h3-5,8,20-21H,1-2,6-7,9H2. The fourth-order valence-electron chi connectivity index (χ4n) is 2.66. The summed E-state index contributed by atoms with van der Waals surface area (Å²) in [4.78, 5) is 11.2. The highest BCUT2D eigenvalue weighted by atomic mass is 16.5. The van der Waals surface area contributed by atoms with E-state index in [1.54, 1.807) is 12.1 Å². The van der Waals surface area contributed by atoms with Crippen molar-refractivity contribution in [1.29, 1.82) is 0 Å². The Labute approximate surface area is 127 Å². The van der Waals surface area contributed by atoms with Gasteiger partial charge in [0.2, 0.25) is 0 Å². The summed E-state index contributed by atoms with van der Waals surface area (Å²) in [5, 5.41) is 26.8. The predicted molar refractivity (Wildman–Crippen MR) is 78.9 cm³/mol. The molecule has 0 radical (unpaired) electrons. The van der Waals surface area contributed by atoms with Gasteiger partial charge in [-0.2, -0.15) is 0 Å². The minimum atomic E-state index is -1.72. The van der Waals surface area contributed by atoms with Crippen molar-refractivity contribution in [3.05, 3.63) is 35.4 Å². The molecule has 0 aliphatic carbocycles. The molecule has 0 atom stereocenters. The van der Waals surface area contributed by atoms with E-state index in [4.69, 9.17) is 4.74 Å². The molecule has 3 rings (SSSR count). The monoisotopic (exact) mass is 301 g/mol. The Kier molecular flexibility index (Phi) is 4.21. The molecule has 0 fully saturated rings. The van der Waals surface area contributed by atoms with Crippen molar-refractivity contribution in [2.75, 3.05) is 0 Å². The largest absolute Gasteiger partial charge is 0.489 e. The van der Waals surface area contributed by atoms with Crippen molar-refractivity contribution in [2.24, 2.45) is 0 Å². The van der Waals surface area contributed by atoms with Gasteiger partial charge in [0.15, 0.2) is 12.1 Å². The molecule has 1 aliphatic heterocycles. The molecular weight excluding hydrogens is 285 g/mol. The van der Waals surface area contributed by atoms with Crippen molar-refractivity contribution >= 4 is 18.9 Å². The topological polar surface area (TPSA) is 97.5 Å². The molecule has 7 nitrogen and oxygen atoms in total. The Bertz CT molecular complexity index is 687. The first kappa shape index (κ1) is 14.7. The van der Waals surface area contributed by atoms with E-state index in [9.17, 15) is 14.8 Å². The molecule has 1 aromatic carbocycles. The van der Waals surface area contributed by atoms with Gasteiger partial charge in [-0.25, -0.2) is 0 Å². The number of aromatic nitrogens is 3. The molecule has 0 unspecified atom stereocenters. The summed E-state index contributed by atoms with van der Waals surface area (Å²) >= 11 is 0. The van der Waals surface area contributed by atoms with Crippen LogP contribution in [0.1, 0.15) is 34.8 Å². The molecule has 2 N–H and O–H groups in total. The van der Waals surface area contributed by atoms with Gasteiger partial charge in [-0.05, 0) is 24.4 Å². The highest BCUT2D eigenvalue weighted by Gasteiger charge is 2.20. The Balaban J connectivity index is 1.81. The van der Waals surface area contributed by atoms with Gasteiger partial charge in [-0.1, -0.05) is 12.1 Å². The average Bonchev–Trinajstić information content (AvgIpc) is 2.95. The maximum absolute atomic E-state index is 11.2. The molecule has 2 heterocycles. The second kappa shape index (κ2) is 6.29. The third kappa shape index (κ3) is 2.75. The van der Waals surface area contributed by atoms with Gasteiger partial charge < -0.3 is 19.4 Å². The van der Waals surface area contributed by atoms with Gasteiger partial charge in [0.25, 0.3) is 0 Å². The smallest absolute Gasteiger partial charge is 0.485 e. The lowest BCUT2D eigenvalue weighted by Crippen LogP contribution is -2.33. The number of carbonyl (C=O) groups excluding carboxylic acids is 1. The van der Waals surface area contributed by atoms with E-state index in [0.717, 1.165) is 31.6 Å². The van der Waals surface area contributed by atoms with E-state index in [1.807, 2.05) is 4.57 Å². The minimum absolute atomic E-state index is 0.121. The first-order valence-electron chi connectivity index (χ1n) is 7.18. The normalized spacial score (nSPS) is 13.5. The fraction of sp³-hybridized carbons (Fsp3) is 0.357. The van der Waals surface area contributed by atoms with Crippen LogP contribution in [0.4, 0.5) is 0 Å². The lowest BCUT2D eigenvalue weighted by Gasteiger charge is -2.15. The number of rotatable bonds is 5. The number of ether oxygens (including phenoxy) is 1. The summed E-state index contributed by atoms with van der Waals surface area (Å²) in [7, 11) is -1.72. The zero-order chi connectivity index (χ0) is 15.5. The fourth-order valence-corrected chi connectivity index (χ4v) is 2.66. The van der Waals surface area contributed by atoms with Crippen LogP contribution in [0.2, 0.25) is 0 Å². The molecule has 114 valence electrons. The van der Waals surface area contributed by atoms with Gasteiger partial charge in [0, 0.05) is 13.0 Å². The zero-order valence-corrected chi connectivity index (χ0v) is 12.0. The van der Waals surface area contributed by atoms with Crippen LogP contribution in [0.15, 0.2) is 18.2 Å². The van der Waals surface area contributed by atoms with E-state index in [1.165, 1.54) is 6.07 Å². The van der Waals surface area contributed by atoms with Crippen molar-refractivity contribution in [3.63, 3.8) is 0 Å². The number of hydrogen-bond donors (Lipinski definition) is 2. The molecule has 1 aliphatic rings. The van der Waals surface area contributed by atoms with Gasteiger partial charge >= 0.3 is 7.12 Å². The van der Waals surface area contributed by atoms with Crippen LogP contribution in [0.3, 0.4) is 0 Å². The summed E-state index contributed by atoms with van der Waals surface area (Å²) in [5.74, 6) is 1.97. The molecular formula is C14H16BN3O4. The molecule has 0 saturated heterocycles. The lowest BCUT2D eigenvalue weighted by molar-refractivity contribution is 0.111. The van der Waals surface area contributed by atoms with Crippen LogP contribution in [-0.4, -0.2) is 38.2 Å². The zero-order valence-electron chi connectivity index (χ0n) is 12.0. The molecule has 2 aromatic rings. The number of nitrogens with zero attached hydrogens (tertiary/aromatic N) is 3. The number of carbonyl (C=O) groups is 1. The van der Waals surface area contributed by atoms with E-state index in [0.29, 0.717) is 17.9 Å². The van der Waals surface area contributed by atoms with Crippen molar-refractivity contribution in [3.8, 4) is 5.75 Å². The number of benzene rings is 1. The summed E-state index contributed by atoms with van der Waals surface area (Å²) in [6, 6.07) is 4.69. The van der Waals surface area contributed by atoms with Crippen molar-refractivity contribution in [2.45, 2.75) is 32.4 Å². The summed E-state index contributed by atoms with van der Waals surface area (Å²) < 4.78 is 7.69. The Morgan fingerprint density at radius 1 is 1.32 bits per heavy atom. The summed E-state index contributed by atoms with van der Waals surface area (Å²) in [5.41, 5.74) is 0.256. The first-order valence-corrected chi connectivity index (χ1v) is 7.18. The van der Waals surface area contributed by atoms with E-state index in [-0.39, 0.29) is 17.6 Å². The van der Waals surface area contributed by atoms with E-state index >= 15 is 0 Å². The SMILES string of the molecule is O=Cc1c(OCc2nnc3n2CCCC3)cccc1B(O)O. The van der Waals surface area contributed by atoms with E-state index < -0.39 is 7.12 Å². The van der Waals surface area contributed by atoms with Crippen molar-refractivity contribution < 1.29 is 19.6 Å². The molecule has 8 heteroatoms. The Hall–Kier alpha value is -2.19. The first-order chi connectivity index (χ1) is 10.7. The maximum atomic E-state index is 11.2. The molecule has 0 amide bonds. The highest BCUT2D eigenvalue weighted by molar-refractivity contribution is 6.60. The van der Waals surface area contributed by atoms with Crippen molar-refractivity contribution in [1.82, 2.24) is 14.8 Å². The Morgan fingerprint density at radius 3 is 2.95 bits per heavy atom.